The second kappa shape index (κ2) is 6.21. The lowest BCUT2D eigenvalue weighted by Crippen LogP contribution is -2.48. The molecular weight excluding hydrogens is 204 g/mol. The van der Waals surface area contributed by atoms with Crippen molar-refractivity contribution in [2.75, 3.05) is 6.61 Å². The normalized spacial score (nSPS) is 21.4. The summed E-state index contributed by atoms with van der Waals surface area (Å²) in [6.07, 6.45) is 6.51. The number of hydrogen-bond donors (Lipinski definition) is 3. The molecule has 1 amide bonds. The molecule has 0 spiro atoms. The third kappa shape index (κ3) is 4.10. The largest absolute Gasteiger partial charge is 0.394 e. The summed E-state index contributed by atoms with van der Waals surface area (Å²) in [4.78, 5) is 11.7. The van der Waals surface area contributed by atoms with Gasteiger partial charge >= 0.3 is 0 Å². The van der Waals surface area contributed by atoms with E-state index in [1.54, 1.807) is 0 Å². The highest BCUT2D eigenvalue weighted by molar-refractivity contribution is 5.77. The number of amides is 1. The van der Waals surface area contributed by atoms with Crippen molar-refractivity contribution in [3.63, 3.8) is 0 Å². The zero-order chi connectivity index (χ0) is 12.0. The first-order chi connectivity index (χ1) is 7.59. The van der Waals surface area contributed by atoms with Gasteiger partial charge in [0.05, 0.1) is 12.6 Å². The maximum Gasteiger partial charge on any atom is 0.222 e. The van der Waals surface area contributed by atoms with E-state index < -0.39 is 0 Å². The van der Waals surface area contributed by atoms with E-state index in [2.05, 4.69) is 5.32 Å². The van der Waals surface area contributed by atoms with E-state index in [1.807, 2.05) is 6.92 Å². The van der Waals surface area contributed by atoms with Crippen molar-refractivity contribution in [2.24, 2.45) is 5.73 Å². The van der Waals surface area contributed by atoms with Gasteiger partial charge in [-0.1, -0.05) is 26.2 Å². The first kappa shape index (κ1) is 13.5. The first-order valence-corrected chi connectivity index (χ1v) is 6.29. The van der Waals surface area contributed by atoms with E-state index >= 15 is 0 Å². The van der Waals surface area contributed by atoms with E-state index in [-0.39, 0.29) is 24.1 Å². The van der Waals surface area contributed by atoms with Crippen molar-refractivity contribution in [1.29, 1.82) is 0 Å². The van der Waals surface area contributed by atoms with Crippen LogP contribution in [0.4, 0.5) is 0 Å². The van der Waals surface area contributed by atoms with Crippen molar-refractivity contribution in [2.45, 2.75) is 63.5 Å². The SMILES string of the molecule is CCC(CO)NC(=O)CC1(N)CCCCC1. The van der Waals surface area contributed by atoms with Gasteiger partial charge < -0.3 is 16.2 Å². The van der Waals surface area contributed by atoms with E-state index in [9.17, 15) is 4.79 Å². The number of nitrogens with two attached hydrogens (primary N) is 1. The maximum atomic E-state index is 11.7. The van der Waals surface area contributed by atoms with Gasteiger partial charge in [-0.25, -0.2) is 0 Å². The molecule has 4 N–H and O–H groups in total. The minimum atomic E-state index is -0.309. The lowest BCUT2D eigenvalue weighted by Gasteiger charge is -2.33. The Kier molecular flexibility index (Phi) is 5.22. The summed E-state index contributed by atoms with van der Waals surface area (Å²) in [6, 6.07) is -0.125. The molecule has 0 aromatic carbocycles. The highest BCUT2D eigenvalue weighted by Gasteiger charge is 2.30. The number of carbonyl (C=O) groups excluding carboxylic acids is 1. The van der Waals surface area contributed by atoms with E-state index in [4.69, 9.17) is 10.8 Å². The molecule has 0 heterocycles. The van der Waals surface area contributed by atoms with Gasteiger partial charge in [-0.3, -0.25) is 4.79 Å². The molecule has 4 heteroatoms. The standard InChI is InChI=1S/C12H24N2O2/c1-2-10(9-15)14-11(16)8-12(13)6-4-3-5-7-12/h10,15H,2-9,13H2,1H3,(H,14,16). The van der Waals surface area contributed by atoms with E-state index in [0.29, 0.717) is 6.42 Å². The molecule has 0 saturated heterocycles. The van der Waals surface area contributed by atoms with Gasteiger partial charge in [-0.15, -0.1) is 0 Å². The molecule has 1 fully saturated rings. The average Bonchev–Trinajstić information content (AvgIpc) is 2.26. The van der Waals surface area contributed by atoms with Crippen molar-refractivity contribution in [3.8, 4) is 0 Å². The zero-order valence-electron chi connectivity index (χ0n) is 10.2. The molecule has 1 atom stereocenters. The Labute approximate surface area is 97.6 Å². The average molecular weight is 228 g/mol. The van der Waals surface area contributed by atoms with Crippen LogP contribution in [0.25, 0.3) is 0 Å². The van der Waals surface area contributed by atoms with Gasteiger partial charge in [0.25, 0.3) is 0 Å². The molecule has 1 unspecified atom stereocenters. The monoisotopic (exact) mass is 228 g/mol. The quantitative estimate of drug-likeness (QED) is 0.655. The van der Waals surface area contributed by atoms with Crippen LogP contribution < -0.4 is 11.1 Å². The smallest absolute Gasteiger partial charge is 0.222 e. The highest BCUT2D eigenvalue weighted by Crippen LogP contribution is 2.28. The van der Waals surface area contributed by atoms with Crippen molar-refractivity contribution in [3.05, 3.63) is 0 Å². The predicted octanol–water partition coefficient (Wildman–Crippen LogP) is 0.925. The highest BCUT2D eigenvalue weighted by atomic mass is 16.3. The number of aliphatic hydroxyl groups excluding tert-OH is 1. The lowest BCUT2D eigenvalue weighted by atomic mass is 9.80. The van der Waals surface area contributed by atoms with Gasteiger partial charge in [-0.05, 0) is 19.3 Å². The molecule has 1 rings (SSSR count). The van der Waals surface area contributed by atoms with Crippen LogP contribution in [-0.4, -0.2) is 29.2 Å². The Morgan fingerprint density at radius 1 is 1.44 bits per heavy atom. The fourth-order valence-electron chi connectivity index (χ4n) is 2.31. The summed E-state index contributed by atoms with van der Waals surface area (Å²) in [5, 5.41) is 11.8. The predicted molar refractivity (Wildman–Crippen MR) is 63.9 cm³/mol. The first-order valence-electron chi connectivity index (χ1n) is 6.29. The van der Waals surface area contributed by atoms with Crippen LogP contribution in [-0.2, 0) is 4.79 Å². The number of carbonyl (C=O) groups is 1. The van der Waals surface area contributed by atoms with Crippen LogP contribution in [0.15, 0.2) is 0 Å². The topological polar surface area (TPSA) is 75.3 Å². The molecule has 0 radical (unpaired) electrons. The molecule has 1 aliphatic carbocycles. The second-order valence-electron chi connectivity index (χ2n) is 4.96. The fraction of sp³-hybridized carbons (Fsp3) is 0.917. The van der Waals surface area contributed by atoms with Crippen molar-refractivity contribution in [1.82, 2.24) is 5.32 Å². The van der Waals surface area contributed by atoms with Gasteiger partial charge in [0.2, 0.25) is 5.91 Å². The molecule has 0 aromatic rings. The molecule has 0 bridgehead atoms. The summed E-state index contributed by atoms with van der Waals surface area (Å²) in [7, 11) is 0. The van der Waals surface area contributed by atoms with Gasteiger partial charge in [0.1, 0.15) is 0 Å². The molecule has 4 nitrogen and oxygen atoms in total. The minimum Gasteiger partial charge on any atom is -0.394 e. The minimum absolute atomic E-state index is 0.000187. The molecule has 0 aromatic heterocycles. The second-order valence-corrected chi connectivity index (χ2v) is 4.96. The number of nitrogens with one attached hydrogen (secondary N) is 1. The Morgan fingerprint density at radius 2 is 2.06 bits per heavy atom. The van der Waals surface area contributed by atoms with Crippen LogP contribution in [0.5, 0.6) is 0 Å². The summed E-state index contributed by atoms with van der Waals surface area (Å²) >= 11 is 0. The third-order valence-electron chi connectivity index (χ3n) is 3.44. The van der Waals surface area contributed by atoms with Gasteiger partial charge in [-0.2, -0.15) is 0 Å². The molecule has 16 heavy (non-hydrogen) atoms. The summed E-state index contributed by atoms with van der Waals surface area (Å²) in [6.45, 7) is 1.94. The van der Waals surface area contributed by atoms with Gasteiger partial charge in [0.15, 0.2) is 0 Å². The summed E-state index contributed by atoms with van der Waals surface area (Å²) in [5.74, 6) is -0.0229. The van der Waals surface area contributed by atoms with Crippen molar-refractivity contribution >= 4 is 5.91 Å². The van der Waals surface area contributed by atoms with Crippen LogP contribution in [0.3, 0.4) is 0 Å². The van der Waals surface area contributed by atoms with E-state index in [0.717, 1.165) is 32.1 Å². The third-order valence-corrected chi connectivity index (χ3v) is 3.44. The van der Waals surface area contributed by atoms with Crippen molar-refractivity contribution < 1.29 is 9.90 Å². The van der Waals surface area contributed by atoms with Crippen LogP contribution in [0, 0.1) is 0 Å². The maximum absolute atomic E-state index is 11.7. The summed E-state index contributed by atoms with van der Waals surface area (Å²) in [5.41, 5.74) is 5.89. The number of rotatable bonds is 5. The Balaban J connectivity index is 2.37. The number of aliphatic hydroxyl groups is 1. The molecule has 1 aliphatic rings. The molecule has 1 saturated carbocycles. The van der Waals surface area contributed by atoms with E-state index in [1.165, 1.54) is 6.42 Å². The molecular formula is C12H24N2O2. The van der Waals surface area contributed by atoms with Crippen LogP contribution in [0.1, 0.15) is 51.9 Å². The van der Waals surface area contributed by atoms with Crippen LogP contribution in [0.2, 0.25) is 0 Å². The molecule has 94 valence electrons. The summed E-state index contributed by atoms with van der Waals surface area (Å²) < 4.78 is 0. The molecule has 0 aliphatic heterocycles. The van der Waals surface area contributed by atoms with Gasteiger partial charge in [0, 0.05) is 12.0 Å². The van der Waals surface area contributed by atoms with Crippen LogP contribution >= 0.6 is 0 Å². The lowest BCUT2D eigenvalue weighted by molar-refractivity contribution is -0.123. The Hall–Kier alpha value is -0.610. The Bertz CT molecular complexity index is 221. The zero-order valence-corrected chi connectivity index (χ0v) is 10.2. The Morgan fingerprint density at radius 3 is 2.56 bits per heavy atom. The number of hydrogen-bond acceptors (Lipinski definition) is 3. The fourth-order valence-corrected chi connectivity index (χ4v) is 2.31.